The molecule has 27 heavy (non-hydrogen) atoms. The lowest BCUT2D eigenvalue weighted by Crippen LogP contribution is -2.31. The molecule has 0 heterocycles. The van der Waals surface area contributed by atoms with Crippen molar-refractivity contribution in [3.05, 3.63) is 59.9 Å². The van der Waals surface area contributed by atoms with Gasteiger partial charge < -0.3 is 14.8 Å². The molecule has 2 aromatic rings. The van der Waals surface area contributed by atoms with E-state index in [0.717, 1.165) is 36.4 Å². The van der Waals surface area contributed by atoms with Crippen LogP contribution in [0.3, 0.4) is 0 Å². The Bertz CT molecular complexity index is 789. The van der Waals surface area contributed by atoms with Crippen molar-refractivity contribution in [2.75, 3.05) is 11.9 Å². The summed E-state index contributed by atoms with van der Waals surface area (Å²) in [5.74, 6) is -1.77. The van der Waals surface area contributed by atoms with E-state index < -0.39 is 42.1 Å². The molecule has 144 valence electrons. The molecule has 0 spiro atoms. The molecule has 2 aromatic carbocycles. The molecule has 0 aliphatic heterocycles. The maximum atomic E-state index is 12.8. The number of hydrogen-bond acceptors (Lipinski definition) is 4. The minimum Gasteiger partial charge on any atom is -0.482 e. The first-order chi connectivity index (χ1) is 12.6. The molecule has 1 N–H and O–H groups in total. The van der Waals surface area contributed by atoms with Gasteiger partial charge in [-0.25, -0.2) is 9.18 Å². The fourth-order valence-corrected chi connectivity index (χ4v) is 1.94. The summed E-state index contributed by atoms with van der Waals surface area (Å²) in [4.78, 5) is 23.6. The number of hydrogen-bond donors (Lipinski definition) is 1. The largest absolute Gasteiger partial charge is 0.482 e. The first-order valence-electron chi connectivity index (χ1n) is 7.71. The lowest BCUT2D eigenvalue weighted by atomic mass is 10.2. The van der Waals surface area contributed by atoms with Gasteiger partial charge in [0.05, 0.1) is 5.56 Å². The number of halogens is 4. The molecule has 0 fully saturated rings. The van der Waals surface area contributed by atoms with Gasteiger partial charge in [-0.3, -0.25) is 4.79 Å². The van der Waals surface area contributed by atoms with E-state index in [1.165, 1.54) is 19.1 Å². The molecule has 1 atom stereocenters. The van der Waals surface area contributed by atoms with Gasteiger partial charge in [-0.1, -0.05) is 0 Å². The van der Waals surface area contributed by atoms with Crippen LogP contribution in [-0.2, 0) is 20.5 Å². The van der Waals surface area contributed by atoms with Crippen LogP contribution in [-0.4, -0.2) is 24.6 Å². The van der Waals surface area contributed by atoms with E-state index in [9.17, 15) is 27.2 Å². The molecular formula is C18H15F4NO4. The third-order valence-electron chi connectivity index (χ3n) is 3.33. The molecule has 0 saturated carbocycles. The Balaban J connectivity index is 1.82. The highest BCUT2D eigenvalue weighted by Crippen LogP contribution is 2.29. The molecule has 0 aliphatic rings. The van der Waals surface area contributed by atoms with Crippen LogP contribution in [0.5, 0.6) is 5.75 Å². The molecule has 0 saturated heterocycles. The van der Waals surface area contributed by atoms with Gasteiger partial charge in [-0.05, 0) is 55.5 Å². The zero-order chi connectivity index (χ0) is 20.0. The van der Waals surface area contributed by atoms with Crippen LogP contribution < -0.4 is 10.1 Å². The van der Waals surface area contributed by atoms with Crippen molar-refractivity contribution < 1.29 is 36.6 Å². The van der Waals surface area contributed by atoms with Gasteiger partial charge in [0, 0.05) is 5.69 Å². The number of carbonyl (C=O) groups excluding carboxylic acids is 2. The summed E-state index contributed by atoms with van der Waals surface area (Å²) in [7, 11) is 0. The Morgan fingerprint density at radius 1 is 1.04 bits per heavy atom. The number of carbonyl (C=O) groups is 2. The van der Waals surface area contributed by atoms with Gasteiger partial charge in [-0.2, -0.15) is 13.2 Å². The van der Waals surface area contributed by atoms with Crippen molar-refractivity contribution in [2.45, 2.75) is 19.2 Å². The molecule has 0 aliphatic carbocycles. The van der Waals surface area contributed by atoms with Gasteiger partial charge in [0.1, 0.15) is 11.6 Å². The van der Waals surface area contributed by atoms with Gasteiger partial charge in [0.2, 0.25) is 0 Å². The van der Waals surface area contributed by atoms with Crippen molar-refractivity contribution in [3.8, 4) is 5.75 Å². The Kier molecular flexibility index (Phi) is 6.38. The number of ether oxygens (including phenoxy) is 2. The quantitative estimate of drug-likeness (QED) is 0.607. The van der Waals surface area contributed by atoms with E-state index >= 15 is 0 Å². The normalized spacial score (nSPS) is 12.2. The predicted octanol–water partition coefficient (Wildman–Crippen LogP) is 3.79. The van der Waals surface area contributed by atoms with E-state index in [-0.39, 0.29) is 11.4 Å². The molecule has 2 rings (SSSR count). The van der Waals surface area contributed by atoms with Crippen LogP contribution in [0.4, 0.5) is 23.2 Å². The SMILES string of the molecule is C[C@@H](OC(=O)COc1ccc(F)cc1)C(=O)Nc1ccc(C(F)(F)F)cc1. The van der Waals surface area contributed by atoms with E-state index in [0.29, 0.717) is 0 Å². The molecule has 9 heteroatoms. The Morgan fingerprint density at radius 3 is 2.19 bits per heavy atom. The number of nitrogens with one attached hydrogen (secondary N) is 1. The average molecular weight is 385 g/mol. The van der Waals surface area contributed by atoms with Crippen molar-refractivity contribution in [3.63, 3.8) is 0 Å². The van der Waals surface area contributed by atoms with Crippen LogP contribution in [0.15, 0.2) is 48.5 Å². The minimum atomic E-state index is -4.48. The highest BCUT2D eigenvalue weighted by molar-refractivity contribution is 5.95. The van der Waals surface area contributed by atoms with E-state index in [4.69, 9.17) is 9.47 Å². The lowest BCUT2D eigenvalue weighted by molar-refractivity contribution is -0.155. The molecule has 0 unspecified atom stereocenters. The first kappa shape index (κ1) is 20.2. The molecule has 0 bridgehead atoms. The number of rotatable bonds is 6. The smallest absolute Gasteiger partial charge is 0.416 e. The number of benzene rings is 2. The highest BCUT2D eigenvalue weighted by Gasteiger charge is 2.30. The molecule has 0 aromatic heterocycles. The van der Waals surface area contributed by atoms with Crippen molar-refractivity contribution in [1.29, 1.82) is 0 Å². The lowest BCUT2D eigenvalue weighted by Gasteiger charge is -2.14. The van der Waals surface area contributed by atoms with Crippen LogP contribution in [0.2, 0.25) is 0 Å². The van der Waals surface area contributed by atoms with Crippen LogP contribution in [0.1, 0.15) is 12.5 Å². The van der Waals surface area contributed by atoms with Crippen LogP contribution in [0.25, 0.3) is 0 Å². The monoisotopic (exact) mass is 385 g/mol. The maximum absolute atomic E-state index is 12.8. The second kappa shape index (κ2) is 8.52. The summed E-state index contributed by atoms with van der Waals surface area (Å²) in [5, 5.41) is 2.34. The summed E-state index contributed by atoms with van der Waals surface area (Å²) < 4.78 is 60.2. The molecule has 5 nitrogen and oxygen atoms in total. The predicted molar refractivity (Wildman–Crippen MR) is 87.5 cm³/mol. The topological polar surface area (TPSA) is 64.6 Å². The Labute approximate surface area is 151 Å². The standard InChI is InChI=1S/C18H15F4NO4/c1-11(27-16(24)10-26-15-8-4-13(19)5-9-15)17(25)23-14-6-2-12(3-7-14)18(20,21)22/h2-9,11H,10H2,1H3,(H,23,25)/t11-/m1/s1. The van der Waals surface area contributed by atoms with Crippen molar-refractivity contribution in [1.82, 2.24) is 0 Å². The average Bonchev–Trinajstić information content (AvgIpc) is 2.61. The number of esters is 1. The number of alkyl halides is 3. The molecular weight excluding hydrogens is 370 g/mol. The molecule has 1 amide bonds. The fraction of sp³-hybridized carbons (Fsp3) is 0.222. The first-order valence-corrected chi connectivity index (χ1v) is 7.71. The zero-order valence-electron chi connectivity index (χ0n) is 14.0. The minimum absolute atomic E-state index is 0.124. The third-order valence-corrected chi connectivity index (χ3v) is 3.33. The second-order valence-corrected chi connectivity index (χ2v) is 5.44. The maximum Gasteiger partial charge on any atom is 0.416 e. The van der Waals surface area contributed by atoms with Gasteiger partial charge in [-0.15, -0.1) is 0 Å². The van der Waals surface area contributed by atoms with Crippen LogP contribution >= 0.6 is 0 Å². The highest BCUT2D eigenvalue weighted by atomic mass is 19.4. The van der Waals surface area contributed by atoms with Crippen LogP contribution in [0, 0.1) is 5.82 Å². The summed E-state index contributed by atoms with van der Waals surface area (Å²) in [5.41, 5.74) is -0.726. The second-order valence-electron chi connectivity index (χ2n) is 5.44. The summed E-state index contributed by atoms with van der Waals surface area (Å²) in [6.45, 7) is 0.804. The van der Waals surface area contributed by atoms with Crippen molar-refractivity contribution in [2.24, 2.45) is 0 Å². The van der Waals surface area contributed by atoms with E-state index in [1.54, 1.807) is 0 Å². The van der Waals surface area contributed by atoms with E-state index in [2.05, 4.69) is 5.32 Å². The number of anilines is 1. The summed E-state index contributed by atoms with van der Waals surface area (Å²) >= 11 is 0. The summed E-state index contributed by atoms with van der Waals surface area (Å²) in [6, 6.07) is 8.78. The van der Waals surface area contributed by atoms with Gasteiger partial charge in [0.15, 0.2) is 12.7 Å². The fourth-order valence-electron chi connectivity index (χ4n) is 1.94. The Morgan fingerprint density at radius 2 is 1.63 bits per heavy atom. The molecule has 0 radical (unpaired) electrons. The van der Waals surface area contributed by atoms with E-state index in [1.807, 2.05) is 0 Å². The van der Waals surface area contributed by atoms with Gasteiger partial charge >= 0.3 is 12.1 Å². The third kappa shape index (κ3) is 6.28. The summed E-state index contributed by atoms with van der Waals surface area (Å²) in [6.07, 6.45) is -5.67. The zero-order valence-corrected chi connectivity index (χ0v) is 14.0. The Hall–Kier alpha value is -3.10. The van der Waals surface area contributed by atoms with Crippen molar-refractivity contribution >= 4 is 17.6 Å². The van der Waals surface area contributed by atoms with Gasteiger partial charge in [0.25, 0.3) is 5.91 Å². The number of amides is 1.